The molecule has 0 spiro atoms. The van der Waals surface area contributed by atoms with E-state index in [9.17, 15) is 0 Å². The minimum atomic E-state index is 1.23. The SMILES string of the molecule is c1ccc2c(-c3c4ccccc4c(-c4ccc(-c5ccc6c(c5)sc5c6ccc6c5sc5ccc7ccccc7c56)cc4)c4ccccc34)cccc2c1. The zero-order valence-electron chi connectivity index (χ0n) is 29.1. The predicted molar refractivity (Wildman–Crippen MR) is 239 cm³/mol. The second-order valence-corrected chi connectivity index (χ2v) is 16.4. The maximum absolute atomic E-state index is 2.40. The van der Waals surface area contributed by atoms with Gasteiger partial charge >= 0.3 is 0 Å². The molecule has 0 saturated heterocycles. The van der Waals surface area contributed by atoms with Crippen molar-refractivity contribution in [1.82, 2.24) is 0 Å². The number of benzene rings is 10. The fourth-order valence-corrected chi connectivity index (χ4v) is 11.6. The van der Waals surface area contributed by atoms with E-state index in [0.717, 1.165) is 0 Å². The summed E-state index contributed by atoms with van der Waals surface area (Å²) in [4.78, 5) is 0. The van der Waals surface area contributed by atoms with Gasteiger partial charge in [0.15, 0.2) is 0 Å². The van der Waals surface area contributed by atoms with Crippen molar-refractivity contribution in [3.8, 4) is 33.4 Å². The third-order valence-corrected chi connectivity index (χ3v) is 14.0. The van der Waals surface area contributed by atoms with E-state index >= 15 is 0 Å². The van der Waals surface area contributed by atoms with Gasteiger partial charge in [0.2, 0.25) is 0 Å². The molecule has 0 aliphatic heterocycles. The Labute approximate surface area is 319 Å². The van der Waals surface area contributed by atoms with Crippen LogP contribution in [0, 0.1) is 0 Å². The van der Waals surface area contributed by atoms with Crippen LogP contribution in [0.15, 0.2) is 182 Å². The van der Waals surface area contributed by atoms with Crippen LogP contribution in [0.3, 0.4) is 0 Å². The normalized spacial score (nSPS) is 12.1. The molecule has 10 aromatic carbocycles. The van der Waals surface area contributed by atoms with Gasteiger partial charge in [0.05, 0.1) is 9.40 Å². The monoisotopic (exact) mass is 718 g/mol. The zero-order chi connectivity index (χ0) is 35.3. The molecule has 0 amide bonds. The summed E-state index contributed by atoms with van der Waals surface area (Å²) in [6, 6.07) is 67.6. The van der Waals surface area contributed by atoms with Crippen LogP contribution >= 0.6 is 22.7 Å². The van der Waals surface area contributed by atoms with Gasteiger partial charge in [0.25, 0.3) is 0 Å². The third-order valence-electron chi connectivity index (χ3n) is 11.5. The van der Waals surface area contributed by atoms with Crippen molar-refractivity contribution >= 4 is 106 Å². The fourth-order valence-electron chi connectivity index (χ4n) is 9.02. The molecule has 250 valence electrons. The smallest absolute Gasteiger partial charge is 0.0534 e. The highest BCUT2D eigenvalue weighted by atomic mass is 32.1. The standard InChI is InChI=1S/C52H30S2/c1-3-13-36-32(10-1)12-9-19-39(36)49-42-17-7-5-15-40(42)48(41-16-6-8-18-43(41)49)34-22-20-31(21-23-34)35-24-26-38-44-27-28-45-50-37-14-4-2-11-33(37)25-29-46(50)53-52(45)51(44)54-47(38)30-35/h1-30H. The summed E-state index contributed by atoms with van der Waals surface area (Å²) in [5.74, 6) is 0. The van der Waals surface area contributed by atoms with Crippen molar-refractivity contribution in [1.29, 1.82) is 0 Å². The van der Waals surface area contributed by atoms with Crippen LogP contribution in [0.2, 0.25) is 0 Å². The van der Waals surface area contributed by atoms with Crippen LogP contribution in [0.25, 0.3) is 117 Å². The van der Waals surface area contributed by atoms with E-state index in [1.54, 1.807) is 0 Å². The Bertz CT molecular complexity index is 3430. The molecule has 0 unspecified atom stereocenters. The minimum Gasteiger partial charge on any atom is -0.134 e. The Kier molecular flexibility index (Phi) is 6.48. The second-order valence-electron chi connectivity index (χ2n) is 14.3. The van der Waals surface area contributed by atoms with Gasteiger partial charge in [-0.25, -0.2) is 0 Å². The van der Waals surface area contributed by atoms with Gasteiger partial charge < -0.3 is 0 Å². The lowest BCUT2D eigenvalue weighted by Gasteiger charge is -2.19. The van der Waals surface area contributed by atoms with Gasteiger partial charge in [-0.1, -0.05) is 170 Å². The first-order valence-electron chi connectivity index (χ1n) is 18.5. The molecule has 12 rings (SSSR count). The first-order chi connectivity index (χ1) is 26.8. The molecule has 12 aromatic rings. The average molecular weight is 719 g/mol. The number of rotatable bonds is 3. The predicted octanol–water partition coefficient (Wildman–Crippen LogP) is 16.0. The molecular weight excluding hydrogens is 689 g/mol. The second kappa shape index (κ2) is 11.6. The summed E-state index contributed by atoms with van der Waals surface area (Å²) >= 11 is 3.87. The maximum Gasteiger partial charge on any atom is 0.0534 e. The van der Waals surface area contributed by atoms with E-state index in [1.807, 2.05) is 22.7 Å². The van der Waals surface area contributed by atoms with Crippen molar-refractivity contribution < 1.29 is 0 Å². The van der Waals surface area contributed by atoms with E-state index in [-0.39, 0.29) is 0 Å². The quantitative estimate of drug-likeness (QED) is 0.160. The Morgan fingerprint density at radius 3 is 1.54 bits per heavy atom. The molecule has 0 radical (unpaired) electrons. The Balaban J connectivity index is 0.993. The molecule has 2 heteroatoms. The van der Waals surface area contributed by atoms with E-state index in [2.05, 4.69) is 182 Å². The van der Waals surface area contributed by atoms with E-state index < -0.39 is 0 Å². The Morgan fingerprint density at radius 1 is 0.278 bits per heavy atom. The number of thiophene rings is 2. The van der Waals surface area contributed by atoms with Crippen molar-refractivity contribution in [2.24, 2.45) is 0 Å². The summed E-state index contributed by atoms with van der Waals surface area (Å²) in [5.41, 5.74) is 7.59. The summed E-state index contributed by atoms with van der Waals surface area (Å²) in [5, 5.41) is 15.7. The molecule has 0 nitrogen and oxygen atoms in total. The molecule has 0 fully saturated rings. The van der Waals surface area contributed by atoms with E-state index in [1.165, 1.54) is 117 Å². The molecule has 0 saturated carbocycles. The topological polar surface area (TPSA) is 0 Å². The first kappa shape index (κ1) is 30.2. The molecule has 54 heavy (non-hydrogen) atoms. The van der Waals surface area contributed by atoms with Crippen LogP contribution in [0.5, 0.6) is 0 Å². The van der Waals surface area contributed by atoms with Crippen LogP contribution in [-0.4, -0.2) is 0 Å². The fraction of sp³-hybridized carbons (Fsp3) is 0. The van der Waals surface area contributed by atoms with Gasteiger partial charge in [-0.3, -0.25) is 0 Å². The number of hydrogen-bond donors (Lipinski definition) is 0. The minimum absolute atomic E-state index is 1.23. The average Bonchev–Trinajstić information content (AvgIpc) is 3.81. The van der Waals surface area contributed by atoms with Gasteiger partial charge in [-0.2, -0.15) is 0 Å². The lowest BCUT2D eigenvalue weighted by Crippen LogP contribution is -1.91. The molecule has 2 heterocycles. The Hall–Kier alpha value is -6.32. The summed E-state index contributed by atoms with van der Waals surface area (Å²) in [7, 11) is 0. The molecule has 0 bridgehead atoms. The van der Waals surface area contributed by atoms with E-state index in [0.29, 0.717) is 0 Å². The lowest BCUT2D eigenvalue weighted by molar-refractivity contribution is 1.64. The number of hydrogen-bond acceptors (Lipinski definition) is 2. The van der Waals surface area contributed by atoms with Gasteiger partial charge in [-0.05, 0) is 88.6 Å². The van der Waals surface area contributed by atoms with Crippen molar-refractivity contribution in [2.45, 2.75) is 0 Å². The van der Waals surface area contributed by atoms with E-state index in [4.69, 9.17) is 0 Å². The van der Waals surface area contributed by atoms with Gasteiger partial charge in [-0.15, -0.1) is 22.7 Å². The summed E-state index contributed by atoms with van der Waals surface area (Å²) in [6.07, 6.45) is 0. The summed E-state index contributed by atoms with van der Waals surface area (Å²) in [6.45, 7) is 0. The highest BCUT2D eigenvalue weighted by Gasteiger charge is 2.19. The zero-order valence-corrected chi connectivity index (χ0v) is 30.8. The van der Waals surface area contributed by atoms with Gasteiger partial charge in [0.1, 0.15) is 0 Å². The third kappa shape index (κ3) is 4.36. The Morgan fingerprint density at radius 2 is 0.796 bits per heavy atom. The van der Waals surface area contributed by atoms with Crippen molar-refractivity contribution in [2.75, 3.05) is 0 Å². The van der Waals surface area contributed by atoms with Gasteiger partial charge in [0, 0.05) is 30.9 Å². The summed E-state index contributed by atoms with van der Waals surface area (Å²) < 4.78 is 5.49. The number of fused-ring (bicyclic) bond motifs is 12. The van der Waals surface area contributed by atoms with Crippen molar-refractivity contribution in [3.05, 3.63) is 182 Å². The highest BCUT2D eigenvalue weighted by molar-refractivity contribution is 7.33. The van der Waals surface area contributed by atoms with Crippen molar-refractivity contribution in [3.63, 3.8) is 0 Å². The van der Waals surface area contributed by atoms with Crippen LogP contribution < -0.4 is 0 Å². The van der Waals surface area contributed by atoms with Crippen LogP contribution in [0.4, 0.5) is 0 Å². The molecule has 0 aliphatic rings. The highest BCUT2D eigenvalue weighted by Crippen LogP contribution is 2.48. The molecule has 0 atom stereocenters. The molecule has 0 aliphatic carbocycles. The maximum atomic E-state index is 2.40. The molecular formula is C52H30S2. The largest absolute Gasteiger partial charge is 0.134 e. The van der Waals surface area contributed by atoms with Crippen LogP contribution in [-0.2, 0) is 0 Å². The first-order valence-corrected chi connectivity index (χ1v) is 20.1. The lowest BCUT2D eigenvalue weighted by atomic mass is 9.84. The van der Waals surface area contributed by atoms with Crippen LogP contribution in [0.1, 0.15) is 0 Å². The molecule has 0 N–H and O–H groups in total. The molecule has 2 aromatic heterocycles.